The first-order chi connectivity index (χ1) is 4.88. The molecule has 2 aliphatic carbocycles. The molecule has 2 aliphatic rings. The highest BCUT2D eigenvalue weighted by Crippen LogP contribution is 2.37. The van der Waals surface area contributed by atoms with E-state index >= 15 is 0 Å². The summed E-state index contributed by atoms with van der Waals surface area (Å²) in [6.45, 7) is 0. The predicted octanol–water partition coefficient (Wildman–Crippen LogP) is 2.96. The van der Waals surface area contributed by atoms with Gasteiger partial charge in [0.1, 0.15) is 0 Å². The Bertz CT molecular complexity index is 127. The first-order valence-corrected chi connectivity index (χ1v) is 4.82. The molecular formula is C9H14S. The maximum atomic E-state index is 5.40. The van der Waals surface area contributed by atoms with Crippen molar-refractivity contribution < 1.29 is 0 Å². The van der Waals surface area contributed by atoms with E-state index in [0.29, 0.717) is 0 Å². The molecule has 0 aromatic heterocycles. The Morgan fingerprint density at radius 2 is 1.30 bits per heavy atom. The minimum absolute atomic E-state index is 0.861. The zero-order valence-corrected chi connectivity index (χ0v) is 7.12. The summed E-state index contributed by atoms with van der Waals surface area (Å²) in [7, 11) is 0. The van der Waals surface area contributed by atoms with E-state index in [2.05, 4.69) is 0 Å². The average molecular weight is 154 g/mol. The second-order valence-corrected chi connectivity index (χ2v) is 4.13. The average Bonchev–Trinajstić information content (AvgIpc) is 1.52. The van der Waals surface area contributed by atoms with Crippen molar-refractivity contribution in [2.24, 2.45) is 11.8 Å². The van der Waals surface area contributed by atoms with Crippen molar-refractivity contribution in [1.29, 1.82) is 0 Å². The van der Waals surface area contributed by atoms with Crippen LogP contribution in [0.1, 0.15) is 38.5 Å². The van der Waals surface area contributed by atoms with E-state index in [-0.39, 0.29) is 0 Å². The van der Waals surface area contributed by atoms with E-state index in [9.17, 15) is 0 Å². The van der Waals surface area contributed by atoms with Crippen molar-refractivity contribution in [2.45, 2.75) is 38.5 Å². The largest absolute Gasteiger partial charge is 0.0891 e. The fraction of sp³-hybridized carbons (Fsp3) is 0.889. The fourth-order valence-electron chi connectivity index (χ4n) is 1.72. The van der Waals surface area contributed by atoms with Crippen LogP contribution in [-0.4, -0.2) is 4.86 Å². The van der Waals surface area contributed by atoms with Gasteiger partial charge >= 0.3 is 0 Å². The summed E-state index contributed by atoms with van der Waals surface area (Å²) in [5.74, 6) is 1.72. The van der Waals surface area contributed by atoms with Gasteiger partial charge in [-0.25, -0.2) is 0 Å². The lowest BCUT2D eigenvalue weighted by Gasteiger charge is -2.35. The number of hydrogen-bond acceptors (Lipinski definition) is 1. The minimum atomic E-state index is 0.861. The van der Waals surface area contributed by atoms with E-state index in [0.717, 1.165) is 11.8 Å². The number of thiocarbonyl (C=S) groups is 1. The third-order valence-electron chi connectivity index (χ3n) is 3.02. The van der Waals surface area contributed by atoms with Crippen molar-refractivity contribution in [3.05, 3.63) is 0 Å². The normalized spacial score (nSPS) is 27.2. The molecule has 0 aromatic carbocycles. The van der Waals surface area contributed by atoms with Crippen LogP contribution in [0.4, 0.5) is 0 Å². The van der Waals surface area contributed by atoms with Gasteiger partial charge in [-0.2, -0.15) is 0 Å². The van der Waals surface area contributed by atoms with Gasteiger partial charge < -0.3 is 0 Å². The third-order valence-corrected chi connectivity index (χ3v) is 3.68. The molecule has 0 amide bonds. The summed E-state index contributed by atoms with van der Waals surface area (Å²) >= 11 is 5.40. The summed E-state index contributed by atoms with van der Waals surface area (Å²) in [6.07, 6.45) is 8.45. The van der Waals surface area contributed by atoms with E-state index in [4.69, 9.17) is 12.2 Å². The molecule has 0 radical (unpaired) electrons. The smallest absolute Gasteiger partial charge is 0.000970 e. The molecule has 10 heavy (non-hydrogen) atoms. The Hall–Kier alpha value is 0.0900. The van der Waals surface area contributed by atoms with Gasteiger partial charge in [0, 0.05) is 0 Å². The Balaban J connectivity index is 1.84. The second-order valence-electron chi connectivity index (χ2n) is 3.66. The molecule has 2 fully saturated rings. The van der Waals surface area contributed by atoms with Gasteiger partial charge in [-0.3, -0.25) is 0 Å². The molecule has 0 saturated heterocycles. The molecule has 0 spiro atoms. The highest BCUT2D eigenvalue weighted by molar-refractivity contribution is 7.80. The molecule has 0 aliphatic heterocycles. The summed E-state index contributed by atoms with van der Waals surface area (Å²) in [4.78, 5) is 1.43. The highest BCUT2D eigenvalue weighted by atomic mass is 32.1. The number of hydrogen-bond donors (Lipinski definition) is 0. The van der Waals surface area contributed by atoms with Crippen LogP contribution in [-0.2, 0) is 0 Å². The molecule has 0 N–H and O–H groups in total. The third kappa shape index (κ3) is 1.01. The monoisotopic (exact) mass is 154 g/mol. The van der Waals surface area contributed by atoms with Crippen LogP contribution in [0.3, 0.4) is 0 Å². The lowest BCUT2D eigenvalue weighted by Crippen LogP contribution is -2.30. The van der Waals surface area contributed by atoms with Crippen LogP contribution in [0.5, 0.6) is 0 Å². The molecule has 2 saturated carbocycles. The molecule has 0 aromatic rings. The van der Waals surface area contributed by atoms with Crippen molar-refractivity contribution in [3.8, 4) is 0 Å². The molecule has 0 bridgehead atoms. The summed E-state index contributed by atoms with van der Waals surface area (Å²) in [5.41, 5.74) is 0. The van der Waals surface area contributed by atoms with Crippen molar-refractivity contribution in [1.82, 2.24) is 0 Å². The fourth-order valence-corrected chi connectivity index (χ4v) is 2.19. The summed E-state index contributed by atoms with van der Waals surface area (Å²) < 4.78 is 0. The molecule has 0 atom stereocenters. The Labute approximate surface area is 68.0 Å². The first-order valence-electron chi connectivity index (χ1n) is 4.41. The van der Waals surface area contributed by atoms with Crippen molar-refractivity contribution in [2.75, 3.05) is 0 Å². The van der Waals surface area contributed by atoms with Gasteiger partial charge in [-0.15, -0.1) is 0 Å². The van der Waals surface area contributed by atoms with Crippen LogP contribution < -0.4 is 0 Å². The minimum Gasteiger partial charge on any atom is -0.0891 e. The zero-order valence-electron chi connectivity index (χ0n) is 6.31. The summed E-state index contributed by atoms with van der Waals surface area (Å²) in [5, 5.41) is 0. The predicted molar refractivity (Wildman–Crippen MR) is 47.3 cm³/mol. The lowest BCUT2D eigenvalue weighted by molar-refractivity contribution is 0.356. The standard InChI is InChI=1S/C9H14S/c10-9(7-3-1-4-7)8-5-2-6-8/h7-8H,1-6H2. The quantitative estimate of drug-likeness (QED) is 0.551. The number of rotatable bonds is 2. The maximum absolute atomic E-state index is 5.40. The SMILES string of the molecule is S=C(C1CCC1)C1CCC1. The van der Waals surface area contributed by atoms with E-state index in [1.165, 1.54) is 43.4 Å². The van der Waals surface area contributed by atoms with Crippen LogP contribution in [0, 0.1) is 11.8 Å². The van der Waals surface area contributed by atoms with Gasteiger partial charge in [0.15, 0.2) is 0 Å². The molecule has 56 valence electrons. The topological polar surface area (TPSA) is 0 Å². The Morgan fingerprint density at radius 1 is 0.900 bits per heavy atom. The molecule has 1 heteroatoms. The molecule has 0 heterocycles. The molecule has 0 nitrogen and oxygen atoms in total. The van der Waals surface area contributed by atoms with Crippen LogP contribution >= 0.6 is 12.2 Å². The van der Waals surface area contributed by atoms with E-state index in [1.54, 1.807) is 0 Å². The van der Waals surface area contributed by atoms with Crippen LogP contribution in [0.25, 0.3) is 0 Å². The highest BCUT2D eigenvalue weighted by Gasteiger charge is 2.30. The van der Waals surface area contributed by atoms with Crippen LogP contribution in [0.2, 0.25) is 0 Å². The van der Waals surface area contributed by atoms with Gasteiger partial charge in [-0.05, 0) is 42.4 Å². The molecular weight excluding hydrogens is 140 g/mol. The van der Waals surface area contributed by atoms with Crippen LogP contribution in [0.15, 0.2) is 0 Å². The lowest BCUT2D eigenvalue weighted by atomic mass is 9.72. The molecule has 2 rings (SSSR count). The summed E-state index contributed by atoms with van der Waals surface area (Å²) in [6, 6.07) is 0. The Morgan fingerprint density at radius 3 is 1.50 bits per heavy atom. The van der Waals surface area contributed by atoms with Gasteiger partial charge in [-0.1, -0.05) is 25.1 Å². The van der Waals surface area contributed by atoms with E-state index in [1.807, 2.05) is 0 Å². The van der Waals surface area contributed by atoms with Gasteiger partial charge in [0.2, 0.25) is 0 Å². The van der Waals surface area contributed by atoms with E-state index < -0.39 is 0 Å². The van der Waals surface area contributed by atoms with Gasteiger partial charge in [0.05, 0.1) is 0 Å². The Kier molecular flexibility index (Phi) is 1.77. The molecule has 0 unspecified atom stereocenters. The second kappa shape index (κ2) is 2.61. The van der Waals surface area contributed by atoms with Crippen molar-refractivity contribution >= 4 is 17.1 Å². The first kappa shape index (κ1) is 6.78. The zero-order chi connectivity index (χ0) is 6.97. The maximum Gasteiger partial charge on any atom is -0.000970 e. The van der Waals surface area contributed by atoms with Gasteiger partial charge in [0.25, 0.3) is 0 Å². The van der Waals surface area contributed by atoms with Crippen molar-refractivity contribution in [3.63, 3.8) is 0 Å².